The van der Waals surface area contributed by atoms with Crippen molar-refractivity contribution in [2.45, 2.75) is 71.4 Å². The van der Waals surface area contributed by atoms with Crippen molar-refractivity contribution in [1.29, 1.82) is 0 Å². The van der Waals surface area contributed by atoms with Gasteiger partial charge in [-0.15, -0.1) is 0 Å². The Morgan fingerprint density at radius 3 is 2.06 bits per heavy atom. The standard InChI is InChI=1S/C14H26N2O2/c1-10(2)13(15-11(3)17)14(18)16-12-8-6-4-5-7-9-12/h10,12-13H,4-9H2,1-3H3,(H,15,17)(H,16,18)/t13-/m0/s1. The lowest BCUT2D eigenvalue weighted by Crippen LogP contribution is -2.51. The molecule has 0 unspecified atom stereocenters. The van der Waals surface area contributed by atoms with E-state index in [1.54, 1.807) is 0 Å². The fraction of sp³-hybridized carbons (Fsp3) is 0.857. The van der Waals surface area contributed by atoms with Crippen molar-refractivity contribution >= 4 is 11.8 Å². The lowest BCUT2D eigenvalue weighted by atomic mass is 10.0. The lowest BCUT2D eigenvalue weighted by molar-refractivity contribution is -0.129. The highest BCUT2D eigenvalue weighted by Gasteiger charge is 2.25. The molecule has 0 saturated heterocycles. The molecule has 0 radical (unpaired) electrons. The zero-order valence-electron chi connectivity index (χ0n) is 11.8. The van der Waals surface area contributed by atoms with Crippen molar-refractivity contribution < 1.29 is 9.59 Å². The Kier molecular flexibility index (Phi) is 6.16. The predicted molar refractivity (Wildman–Crippen MR) is 72.1 cm³/mol. The van der Waals surface area contributed by atoms with E-state index in [9.17, 15) is 9.59 Å². The lowest BCUT2D eigenvalue weighted by Gasteiger charge is -2.24. The second kappa shape index (κ2) is 7.39. The normalized spacial score (nSPS) is 19.1. The molecule has 104 valence electrons. The van der Waals surface area contributed by atoms with Crippen LogP contribution < -0.4 is 10.6 Å². The smallest absolute Gasteiger partial charge is 0.243 e. The van der Waals surface area contributed by atoms with Gasteiger partial charge >= 0.3 is 0 Å². The van der Waals surface area contributed by atoms with Gasteiger partial charge in [-0.25, -0.2) is 0 Å². The topological polar surface area (TPSA) is 58.2 Å². The van der Waals surface area contributed by atoms with Gasteiger partial charge in [-0.1, -0.05) is 39.5 Å². The number of carbonyl (C=O) groups is 2. The summed E-state index contributed by atoms with van der Waals surface area (Å²) in [5, 5.41) is 5.83. The van der Waals surface area contributed by atoms with E-state index in [1.807, 2.05) is 13.8 Å². The first-order valence-corrected chi connectivity index (χ1v) is 7.08. The van der Waals surface area contributed by atoms with Crippen LogP contribution in [0.2, 0.25) is 0 Å². The average Bonchev–Trinajstić information content (AvgIpc) is 2.53. The maximum atomic E-state index is 12.2. The van der Waals surface area contributed by atoms with Crippen LogP contribution in [0.3, 0.4) is 0 Å². The van der Waals surface area contributed by atoms with Crippen molar-refractivity contribution in [2.75, 3.05) is 0 Å². The summed E-state index contributed by atoms with van der Waals surface area (Å²) < 4.78 is 0. The van der Waals surface area contributed by atoms with E-state index in [0.717, 1.165) is 12.8 Å². The van der Waals surface area contributed by atoms with Crippen LogP contribution in [-0.2, 0) is 9.59 Å². The Morgan fingerprint density at radius 2 is 1.61 bits per heavy atom. The van der Waals surface area contributed by atoms with Crippen LogP contribution in [0, 0.1) is 5.92 Å². The molecule has 18 heavy (non-hydrogen) atoms. The van der Waals surface area contributed by atoms with Crippen molar-refractivity contribution in [3.8, 4) is 0 Å². The first kappa shape index (κ1) is 15.0. The molecule has 1 rings (SSSR count). The first-order chi connectivity index (χ1) is 8.50. The number of hydrogen-bond donors (Lipinski definition) is 2. The maximum absolute atomic E-state index is 12.2. The van der Waals surface area contributed by atoms with E-state index in [-0.39, 0.29) is 23.8 Å². The summed E-state index contributed by atoms with van der Waals surface area (Å²) in [5.74, 6) is -0.0727. The highest BCUT2D eigenvalue weighted by Crippen LogP contribution is 2.17. The Bertz CT molecular complexity index is 282. The van der Waals surface area contributed by atoms with Gasteiger partial charge in [0.1, 0.15) is 6.04 Å². The molecule has 0 aliphatic heterocycles. The van der Waals surface area contributed by atoms with Crippen molar-refractivity contribution in [2.24, 2.45) is 5.92 Å². The van der Waals surface area contributed by atoms with Crippen molar-refractivity contribution in [1.82, 2.24) is 10.6 Å². The third kappa shape index (κ3) is 5.07. The largest absolute Gasteiger partial charge is 0.352 e. The van der Waals surface area contributed by atoms with Crippen LogP contribution >= 0.6 is 0 Å². The monoisotopic (exact) mass is 254 g/mol. The Morgan fingerprint density at radius 1 is 1.06 bits per heavy atom. The molecule has 4 nitrogen and oxygen atoms in total. The number of carbonyl (C=O) groups excluding carboxylic acids is 2. The summed E-state index contributed by atoms with van der Waals surface area (Å²) in [6, 6.07) is -0.124. The number of amides is 2. The second-order valence-corrected chi connectivity index (χ2v) is 5.62. The van der Waals surface area contributed by atoms with Crippen LogP contribution in [0.1, 0.15) is 59.3 Å². The van der Waals surface area contributed by atoms with Gasteiger partial charge in [-0.2, -0.15) is 0 Å². The quantitative estimate of drug-likeness (QED) is 0.754. The van der Waals surface area contributed by atoms with Crippen LogP contribution in [-0.4, -0.2) is 23.9 Å². The molecule has 1 aliphatic carbocycles. The molecule has 1 saturated carbocycles. The fourth-order valence-corrected chi connectivity index (χ4v) is 2.47. The minimum absolute atomic E-state index is 0.0351. The fourth-order valence-electron chi connectivity index (χ4n) is 2.47. The summed E-state index contributed by atoms with van der Waals surface area (Å²) in [6.45, 7) is 5.36. The van der Waals surface area contributed by atoms with E-state index >= 15 is 0 Å². The number of rotatable bonds is 4. The number of nitrogens with one attached hydrogen (secondary N) is 2. The molecule has 0 aromatic rings. The molecular formula is C14H26N2O2. The van der Waals surface area contributed by atoms with Crippen molar-refractivity contribution in [3.63, 3.8) is 0 Å². The zero-order valence-corrected chi connectivity index (χ0v) is 11.8. The molecule has 2 amide bonds. The van der Waals surface area contributed by atoms with Crippen LogP contribution in [0.5, 0.6) is 0 Å². The molecule has 1 fully saturated rings. The molecule has 0 aromatic carbocycles. The van der Waals surface area contributed by atoms with Gasteiger partial charge in [-0.3, -0.25) is 9.59 Å². The van der Waals surface area contributed by atoms with E-state index in [4.69, 9.17) is 0 Å². The van der Waals surface area contributed by atoms with Crippen LogP contribution in [0.15, 0.2) is 0 Å². The van der Waals surface area contributed by atoms with Crippen LogP contribution in [0.25, 0.3) is 0 Å². The molecule has 0 bridgehead atoms. The maximum Gasteiger partial charge on any atom is 0.243 e. The van der Waals surface area contributed by atoms with Gasteiger partial charge in [0.05, 0.1) is 0 Å². The summed E-state index contributed by atoms with van der Waals surface area (Å²) in [5.41, 5.74) is 0. The van der Waals surface area contributed by atoms with E-state index in [1.165, 1.54) is 32.6 Å². The minimum Gasteiger partial charge on any atom is -0.352 e. The third-order valence-electron chi connectivity index (χ3n) is 3.51. The van der Waals surface area contributed by atoms with Crippen LogP contribution in [0.4, 0.5) is 0 Å². The average molecular weight is 254 g/mol. The van der Waals surface area contributed by atoms with Gasteiger partial charge in [-0.05, 0) is 18.8 Å². The van der Waals surface area contributed by atoms with Gasteiger partial charge < -0.3 is 10.6 Å². The van der Waals surface area contributed by atoms with E-state index in [0.29, 0.717) is 0 Å². The van der Waals surface area contributed by atoms with Crippen molar-refractivity contribution in [3.05, 3.63) is 0 Å². The second-order valence-electron chi connectivity index (χ2n) is 5.62. The zero-order chi connectivity index (χ0) is 13.5. The van der Waals surface area contributed by atoms with E-state index in [2.05, 4.69) is 10.6 Å². The molecular weight excluding hydrogens is 228 g/mol. The highest BCUT2D eigenvalue weighted by atomic mass is 16.2. The Labute approximate surface area is 110 Å². The number of hydrogen-bond acceptors (Lipinski definition) is 2. The predicted octanol–water partition coefficient (Wildman–Crippen LogP) is 1.99. The van der Waals surface area contributed by atoms with Gasteiger partial charge in [0, 0.05) is 13.0 Å². The molecule has 0 spiro atoms. The first-order valence-electron chi connectivity index (χ1n) is 7.08. The van der Waals surface area contributed by atoms with E-state index < -0.39 is 6.04 Å². The van der Waals surface area contributed by atoms with Gasteiger partial charge in [0.25, 0.3) is 0 Å². The van der Waals surface area contributed by atoms with Gasteiger partial charge in [0.2, 0.25) is 11.8 Å². The summed E-state index contributed by atoms with van der Waals surface area (Å²) in [6.07, 6.45) is 7.06. The molecule has 0 aromatic heterocycles. The molecule has 1 atom stereocenters. The summed E-state index contributed by atoms with van der Waals surface area (Å²) >= 11 is 0. The molecule has 1 aliphatic rings. The summed E-state index contributed by atoms with van der Waals surface area (Å²) in [4.78, 5) is 23.3. The Hall–Kier alpha value is -1.06. The third-order valence-corrected chi connectivity index (χ3v) is 3.51. The summed E-state index contributed by atoms with van der Waals surface area (Å²) in [7, 11) is 0. The minimum atomic E-state index is -0.411. The molecule has 0 heterocycles. The Balaban J connectivity index is 2.51. The molecule has 4 heteroatoms. The highest BCUT2D eigenvalue weighted by molar-refractivity contribution is 5.87. The molecule has 2 N–H and O–H groups in total. The van der Waals surface area contributed by atoms with Gasteiger partial charge in [0.15, 0.2) is 0 Å². The SMILES string of the molecule is CC(=O)N[C@H](C(=O)NC1CCCCCC1)C(C)C.